The van der Waals surface area contributed by atoms with Gasteiger partial charge in [-0.1, -0.05) is 6.92 Å². The number of methoxy groups -OCH3 is 1. The number of aromatic nitrogens is 4. The summed E-state index contributed by atoms with van der Waals surface area (Å²) in [7, 11) is 1.54. The normalized spacial score (nSPS) is 20.6. The van der Waals surface area contributed by atoms with Crippen LogP contribution in [-0.4, -0.2) is 63.2 Å². The van der Waals surface area contributed by atoms with E-state index in [1.165, 1.54) is 7.11 Å². The summed E-state index contributed by atoms with van der Waals surface area (Å²) in [6.07, 6.45) is 2.32. The third-order valence-electron chi connectivity index (χ3n) is 4.19. The number of morpholine rings is 1. The van der Waals surface area contributed by atoms with E-state index in [1.54, 1.807) is 23.0 Å². The van der Waals surface area contributed by atoms with E-state index < -0.39 is 0 Å². The molecule has 3 rings (SSSR count). The number of carbonyl (C=O) groups excluding carboxylic acids is 1. The lowest BCUT2D eigenvalue weighted by Crippen LogP contribution is -2.48. The molecule has 0 aromatic carbocycles. The molecule has 0 spiro atoms. The third kappa shape index (κ3) is 3.48. The van der Waals surface area contributed by atoms with Crippen molar-refractivity contribution in [2.75, 3.05) is 20.2 Å². The van der Waals surface area contributed by atoms with E-state index in [2.05, 4.69) is 15.3 Å². The minimum atomic E-state index is -0.0217. The Labute approximate surface area is 146 Å². The van der Waals surface area contributed by atoms with Gasteiger partial charge in [-0.2, -0.15) is 5.10 Å². The highest BCUT2D eigenvalue weighted by molar-refractivity contribution is 5.95. The van der Waals surface area contributed by atoms with Crippen molar-refractivity contribution < 1.29 is 14.3 Å². The molecule has 134 valence electrons. The van der Waals surface area contributed by atoms with Gasteiger partial charge in [0.1, 0.15) is 0 Å². The summed E-state index contributed by atoms with van der Waals surface area (Å²) in [5, 5.41) is 12.4. The molecule has 0 saturated carbocycles. The molecule has 2 aromatic rings. The zero-order valence-electron chi connectivity index (χ0n) is 15.0. The summed E-state index contributed by atoms with van der Waals surface area (Å²) in [6.45, 7) is 7.12. The third-order valence-corrected chi connectivity index (χ3v) is 4.19. The van der Waals surface area contributed by atoms with E-state index >= 15 is 0 Å². The maximum atomic E-state index is 13.0. The highest BCUT2D eigenvalue weighted by atomic mass is 16.5. The van der Waals surface area contributed by atoms with Crippen LogP contribution in [-0.2, 0) is 11.2 Å². The average Bonchev–Trinajstić information content (AvgIpc) is 3.04. The van der Waals surface area contributed by atoms with Gasteiger partial charge in [0, 0.05) is 19.2 Å². The van der Waals surface area contributed by atoms with E-state index in [9.17, 15) is 4.79 Å². The number of nitrogens with zero attached hydrogens (tertiary/aromatic N) is 5. The van der Waals surface area contributed by atoms with Gasteiger partial charge in [0.25, 0.3) is 5.91 Å². The van der Waals surface area contributed by atoms with Crippen LogP contribution in [0.4, 0.5) is 0 Å². The predicted octanol–water partition coefficient (Wildman–Crippen LogP) is 1.48. The molecular formula is C17H23N5O3. The average molecular weight is 345 g/mol. The van der Waals surface area contributed by atoms with Crippen molar-refractivity contribution >= 4 is 5.91 Å². The molecule has 0 radical (unpaired) electrons. The van der Waals surface area contributed by atoms with Gasteiger partial charge in [0.15, 0.2) is 5.82 Å². The van der Waals surface area contributed by atoms with E-state index in [4.69, 9.17) is 9.47 Å². The van der Waals surface area contributed by atoms with Crippen LogP contribution in [0.1, 0.15) is 36.8 Å². The minimum absolute atomic E-state index is 0.0217. The smallest absolute Gasteiger partial charge is 0.257 e. The second-order valence-corrected chi connectivity index (χ2v) is 6.17. The fraction of sp³-hybridized carbons (Fsp3) is 0.529. The molecule has 0 aliphatic carbocycles. The molecule has 0 unspecified atom stereocenters. The van der Waals surface area contributed by atoms with E-state index in [-0.39, 0.29) is 18.1 Å². The molecule has 1 aliphatic rings. The maximum Gasteiger partial charge on any atom is 0.257 e. The number of hydrogen-bond donors (Lipinski definition) is 0. The van der Waals surface area contributed by atoms with E-state index in [0.717, 1.165) is 5.69 Å². The Hall–Kier alpha value is -2.48. The van der Waals surface area contributed by atoms with Crippen molar-refractivity contribution in [1.29, 1.82) is 0 Å². The lowest BCUT2D eigenvalue weighted by molar-refractivity contribution is -0.0586. The number of carbonyl (C=O) groups is 1. The molecule has 8 nitrogen and oxygen atoms in total. The van der Waals surface area contributed by atoms with Crippen LogP contribution in [0.25, 0.3) is 5.82 Å². The first-order valence-electron chi connectivity index (χ1n) is 8.43. The molecule has 1 fully saturated rings. The molecule has 3 heterocycles. The maximum absolute atomic E-state index is 13.0. The van der Waals surface area contributed by atoms with Crippen LogP contribution in [0.15, 0.2) is 18.3 Å². The van der Waals surface area contributed by atoms with Crippen LogP contribution >= 0.6 is 0 Å². The molecule has 0 bridgehead atoms. The SMILES string of the molecule is CCc1c(C(=O)N2C[C@H](C)O[C@@H](C)C2)cnn1-c1ccc(OC)nn1. The summed E-state index contributed by atoms with van der Waals surface area (Å²) in [4.78, 5) is 14.8. The molecule has 8 heteroatoms. The molecule has 0 N–H and O–H groups in total. The first-order chi connectivity index (χ1) is 12.0. The lowest BCUT2D eigenvalue weighted by Gasteiger charge is -2.35. The van der Waals surface area contributed by atoms with Crippen LogP contribution in [0, 0.1) is 0 Å². The van der Waals surface area contributed by atoms with Gasteiger partial charge < -0.3 is 14.4 Å². The van der Waals surface area contributed by atoms with E-state index in [1.807, 2.05) is 25.7 Å². The van der Waals surface area contributed by atoms with Crippen molar-refractivity contribution in [3.63, 3.8) is 0 Å². The fourth-order valence-corrected chi connectivity index (χ4v) is 3.14. The molecule has 1 aliphatic heterocycles. The van der Waals surface area contributed by atoms with Gasteiger partial charge in [-0.05, 0) is 26.3 Å². The summed E-state index contributed by atoms with van der Waals surface area (Å²) in [5.74, 6) is 0.966. The minimum Gasteiger partial charge on any atom is -0.480 e. The van der Waals surface area contributed by atoms with Crippen LogP contribution < -0.4 is 4.74 Å². The predicted molar refractivity (Wildman–Crippen MR) is 91.0 cm³/mol. The summed E-state index contributed by atoms with van der Waals surface area (Å²) >= 11 is 0. The van der Waals surface area contributed by atoms with Crippen LogP contribution in [0.5, 0.6) is 5.88 Å². The Morgan fingerprint density at radius 2 is 2.00 bits per heavy atom. The quantitative estimate of drug-likeness (QED) is 0.835. The van der Waals surface area contributed by atoms with Gasteiger partial charge in [-0.3, -0.25) is 4.79 Å². The summed E-state index contributed by atoms with van der Waals surface area (Å²) in [6, 6.07) is 3.49. The Kier molecular flexibility index (Phi) is 4.98. The molecule has 2 aromatic heterocycles. The zero-order chi connectivity index (χ0) is 18.0. The highest BCUT2D eigenvalue weighted by Crippen LogP contribution is 2.19. The second kappa shape index (κ2) is 7.18. The molecular weight excluding hydrogens is 322 g/mol. The number of hydrogen-bond acceptors (Lipinski definition) is 6. The van der Waals surface area contributed by atoms with Gasteiger partial charge >= 0.3 is 0 Å². The van der Waals surface area contributed by atoms with Crippen molar-refractivity contribution in [1.82, 2.24) is 24.9 Å². The molecule has 2 atom stereocenters. The largest absolute Gasteiger partial charge is 0.480 e. The van der Waals surface area contributed by atoms with Gasteiger partial charge in [-0.15, -0.1) is 10.2 Å². The highest BCUT2D eigenvalue weighted by Gasteiger charge is 2.29. The molecule has 25 heavy (non-hydrogen) atoms. The number of ether oxygens (including phenoxy) is 2. The first kappa shape index (κ1) is 17.3. The molecule has 1 amide bonds. The van der Waals surface area contributed by atoms with Crippen molar-refractivity contribution in [3.05, 3.63) is 29.6 Å². The monoisotopic (exact) mass is 345 g/mol. The van der Waals surface area contributed by atoms with Crippen molar-refractivity contribution in [2.45, 2.75) is 39.4 Å². The lowest BCUT2D eigenvalue weighted by atomic mass is 10.1. The fourth-order valence-electron chi connectivity index (χ4n) is 3.14. The summed E-state index contributed by atoms with van der Waals surface area (Å²) < 4.78 is 12.4. The van der Waals surface area contributed by atoms with Crippen LogP contribution in [0.3, 0.4) is 0 Å². The molecule has 1 saturated heterocycles. The Morgan fingerprint density at radius 1 is 1.28 bits per heavy atom. The van der Waals surface area contributed by atoms with Crippen molar-refractivity contribution in [2.24, 2.45) is 0 Å². The number of amides is 1. The Bertz CT molecular complexity index is 733. The topological polar surface area (TPSA) is 82.4 Å². The standard InChI is InChI=1S/C17H23N5O3/c1-5-14-13(17(23)21-9-11(2)25-12(3)10-21)8-18-22(14)15-6-7-16(24-4)20-19-15/h6-8,11-12H,5,9-10H2,1-4H3/t11-,12-/m0/s1. The number of rotatable bonds is 4. The van der Waals surface area contributed by atoms with Gasteiger partial charge in [-0.25, -0.2) is 4.68 Å². The Balaban J connectivity index is 1.89. The van der Waals surface area contributed by atoms with Crippen LogP contribution in [0.2, 0.25) is 0 Å². The Morgan fingerprint density at radius 3 is 2.56 bits per heavy atom. The zero-order valence-corrected chi connectivity index (χ0v) is 15.0. The van der Waals surface area contributed by atoms with E-state index in [0.29, 0.717) is 36.8 Å². The van der Waals surface area contributed by atoms with Gasteiger partial charge in [0.05, 0.1) is 36.8 Å². The van der Waals surface area contributed by atoms with Crippen molar-refractivity contribution in [3.8, 4) is 11.7 Å². The van der Waals surface area contributed by atoms with Gasteiger partial charge in [0.2, 0.25) is 5.88 Å². The first-order valence-corrected chi connectivity index (χ1v) is 8.43. The second-order valence-electron chi connectivity index (χ2n) is 6.17. The summed E-state index contributed by atoms with van der Waals surface area (Å²) in [5.41, 5.74) is 1.41.